The molecule has 0 bridgehead atoms. The number of nitrogens with one attached hydrogen (secondary N) is 1. The second-order valence-corrected chi connectivity index (χ2v) is 7.10. The predicted octanol–water partition coefficient (Wildman–Crippen LogP) is 1.89. The summed E-state index contributed by atoms with van der Waals surface area (Å²) in [6, 6.07) is 0. The highest BCUT2D eigenvalue weighted by Gasteiger charge is 2.26. The molecule has 3 rings (SSSR count). The molecule has 3 heterocycles. The van der Waals surface area contributed by atoms with Crippen LogP contribution >= 0.6 is 0 Å². The van der Waals surface area contributed by atoms with E-state index in [9.17, 15) is 4.79 Å². The smallest absolute Gasteiger partial charge is 0.227 e. The van der Waals surface area contributed by atoms with E-state index < -0.39 is 0 Å². The number of hydrogen-bond acceptors (Lipinski definition) is 5. The quantitative estimate of drug-likeness (QED) is 0.885. The van der Waals surface area contributed by atoms with E-state index >= 15 is 0 Å². The Morgan fingerprint density at radius 2 is 2.08 bits per heavy atom. The molecule has 2 aromatic heterocycles. The minimum atomic E-state index is 0.196. The van der Waals surface area contributed by atoms with E-state index in [1.54, 1.807) is 12.4 Å². The number of nitrogens with zero attached hydrogens (tertiary/aromatic N) is 5. The minimum Gasteiger partial charge on any atom is -0.372 e. The van der Waals surface area contributed by atoms with Crippen molar-refractivity contribution in [3.63, 3.8) is 0 Å². The second-order valence-electron chi connectivity index (χ2n) is 7.10. The van der Waals surface area contributed by atoms with Crippen molar-refractivity contribution < 1.29 is 4.79 Å². The van der Waals surface area contributed by atoms with Crippen molar-refractivity contribution in [2.75, 3.05) is 25.5 Å². The third-order valence-electron chi connectivity index (χ3n) is 5.35. The lowest BCUT2D eigenvalue weighted by Gasteiger charge is -2.33. The lowest BCUT2D eigenvalue weighted by atomic mass is 9.92. The molecule has 7 heteroatoms. The number of anilines is 1. The van der Waals surface area contributed by atoms with Gasteiger partial charge in [0, 0.05) is 50.8 Å². The number of likely N-dealkylation sites (tertiary alicyclic amines) is 1. The fourth-order valence-electron chi connectivity index (χ4n) is 3.79. The van der Waals surface area contributed by atoms with Crippen LogP contribution in [0.2, 0.25) is 0 Å². The van der Waals surface area contributed by atoms with Gasteiger partial charge in [-0.25, -0.2) is 4.98 Å². The fraction of sp³-hybridized carbons (Fsp3) is 0.579. The molecule has 0 saturated carbocycles. The van der Waals surface area contributed by atoms with Gasteiger partial charge in [-0.15, -0.1) is 0 Å². The number of aromatic nitrogens is 4. The summed E-state index contributed by atoms with van der Waals surface area (Å²) >= 11 is 0. The van der Waals surface area contributed by atoms with Gasteiger partial charge in [0.2, 0.25) is 5.91 Å². The van der Waals surface area contributed by atoms with E-state index in [0.29, 0.717) is 12.3 Å². The first kappa shape index (κ1) is 18.4. The van der Waals surface area contributed by atoms with Crippen LogP contribution in [-0.4, -0.2) is 50.7 Å². The third-order valence-corrected chi connectivity index (χ3v) is 5.35. The molecule has 0 aliphatic carbocycles. The van der Waals surface area contributed by atoms with Gasteiger partial charge in [0.1, 0.15) is 5.82 Å². The standard InChI is InChI=1S/C19H28N6O/c1-13-16(14(2)24(4)23-13)11-18(26)25-9-5-6-15(12-25)10-17-19(20-3)22-8-7-21-17/h7-8,15H,5-6,9-12H2,1-4H3,(H,20,22)/t15-/m0/s1. The van der Waals surface area contributed by atoms with Gasteiger partial charge >= 0.3 is 0 Å². The van der Waals surface area contributed by atoms with E-state index in [4.69, 9.17) is 0 Å². The SMILES string of the molecule is CNc1nccnc1C[C@@H]1CCCN(C(=O)Cc2c(C)nn(C)c2C)C1. The van der Waals surface area contributed by atoms with Gasteiger partial charge in [-0.1, -0.05) is 0 Å². The van der Waals surface area contributed by atoms with Crippen molar-refractivity contribution >= 4 is 11.7 Å². The Kier molecular flexibility index (Phi) is 5.54. The van der Waals surface area contributed by atoms with Gasteiger partial charge in [-0.2, -0.15) is 5.10 Å². The Morgan fingerprint density at radius 1 is 1.31 bits per heavy atom. The van der Waals surface area contributed by atoms with Crippen LogP contribution in [-0.2, 0) is 24.7 Å². The zero-order chi connectivity index (χ0) is 18.7. The van der Waals surface area contributed by atoms with Gasteiger partial charge in [0.25, 0.3) is 0 Å². The van der Waals surface area contributed by atoms with Crippen molar-refractivity contribution in [1.29, 1.82) is 0 Å². The number of carbonyl (C=O) groups is 1. The largest absolute Gasteiger partial charge is 0.372 e. The van der Waals surface area contributed by atoms with Crippen LogP contribution in [0.4, 0.5) is 5.82 Å². The van der Waals surface area contributed by atoms with Crippen LogP contribution in [0.15, 0.2) is 12.4 Å². The first-order chi connectivity index (χ1) is 12.5. The zero-order valence-electron chi connectivity index (χ0n) is 16.1. The fourth-order valence-corrected chi connectivity index (χ4v) is 3.79. The van der Waals surface area contributed by atoms with Crippen molar-refractivity contribution in [2.24, 2.45) is 13.0 Å². The second kappa shape index (κ2) is 7.85. The highest BCUT2D eigenvalue weighted by Crippen LogP contribution is 2.23. The normalized spacial score (nSPS) is 17.4. The van der Waals surface area contributed by atoms with Gasteiger partial charge in [0.05, 0.1) is 17.8 Å². The molecule has 7 nitrogen and oxygen atoms in total. The molecule has 0 radical (unpaired) electrons. The van der Waals surface area contributed by atoms with E-state index in [2.05, 4.69) is 20.4 Å². The molecule has 0 aromatic carbocycles. The minimum absolute atomic E-state index is 0.196. The summed E-state index contributed by atoms with van der Waals surface area (Å²) in [7, 11) is 3.79. The monoisotopic (exact) mass is 356 g/mol. The Balaban J connectivity index is 1.65. The molecule has 1 N–H and O–H groups in total. The number of amides is 1. The van der Waals surface area contributed by atoms with Crippen molar-refractivity contribution in [3.05, 3.63) is 35.0 Å². The predicted molar refractivity (Wildman–Crippen MR) is 101 cm³/mol. The van der Waals surface area contributed by atoms with E-state index in [-0.39, 0.29) is 5.91 Å². The lowest BCUT2D eigenvalue weighted by Crippen LogP contribution is -2.41. The molecule has 140 valence electrons. The van der Waals surface area contributed by atoms with Crippen LogP contribution in [0, 0.1) is 19.8 Å². The van der Waals surface area contributed by atoms with Gasteiger partial charge < -0.3 is 10.2 Å². The van der Waals surface area contributed by atoms with Crippen molar-refractivity contribution in [2.45, 2.75) is 39.5 Å². The Hall–Kier alpha value is -2.44. The average molecular weight is 356 g/mol. The van der Waals surface area contributed by atoms with Gasteiger partial charge in [-0.3, -0.25) is 14.5 Å². The van der Waals surface area contributed by atoms with E-state index in [1.165, 1.54) is 0 Å². The molecule has 2 aromatic rings. The van der Waals surface area contributed by atoms with Gasteiger partial charge in [-0.05, 0) is 39.0 Å². The highest BCUT2D eigenvalue weighted by molar-refractivity contribution is 5.79. The molecule has 1 atom stereocenters. The van der Waals surface area contributed by atoms with E-state index in [1.807, 2.05) is 37.5 Å². The molecular weight excluding hydrogens is 328 g/mol. The molecule has 1 amide bonds. The number of carbonyl (C=O) groups excluding carboxylic acids is 1. The molecule has 0 unspecified atom stereocenters. The number of rotatable bonds is 5. The molecule has 1 saturated heterocycles. The Labute approximate surface area is 154 Å². The van der Waals surface area contributed by atoms with Crippen LogP contribution < -0.4 is 5.32 Å². The number of aryl methyl sites for hydroxylation is 2. The van der Waals surface area contributed by atoms with Gasteiger partial charge in [0.15, 0.2) is 0 Å². The Bertz CT molecular complexity index is 784. The topological polar surface area (TPSA) is 75.9 Å². The van der Waals surface area contributed by atoms with Crippen LogP contribution in [0.1, 0.15) is 35.5 Å². The highest BCUT2D eigenvalue weighted by atomic mass is 16.2. The Morgan fingerprint density at radius 3 is 2.77 bits per heavy atom. The summed E-state index contributed by atoms with van der Waals surface area (Å²) in [6.07, 6.45) is 6.87. The molecule has 0 spiro atoms. The van der Waals surface area contributed by atoms with Crippen LogP contribution in [0.25, 0.3) is 0 Å². The lowest BCUT2D eigenvalue weighted by molar-refractivity contribution is -0.132. The maximum absolute atomic E-state index is 12.9. The summed E-state index contributed by atoms with van der Waals surface area (Å²) in [6.45, 7) is 5.63. The van der Waals surface area contributed by atoms with Crippen LogP contribution in [0.5, 0.6) is 0 Å². The molecule has 26 heavy (non-hydrogen) atoms. The van der Waals surface area contributed by atoms with Crippen molar-refractivity contribution in [3.8, 4) is 0 Å². The zero-order valence-corrected chi connectivity index (χ0v) is 16.1. The molecule has 1 aliphatic heterocycles. The van der Waals surface area contributed by atoms with Crippen LogP contribution in [0.3, 0.4) is 0 Å². The molecule has 1 aliphatic rings. The first-order valence-electron chi connectivity index (χ1n) is 9.24. The summed E-state index contributed by atoms with van der Waals surface area (Å²) in [5.41, 5.74) is 4.06. The average Bonchev–Trinajstić information content (AvgIpc) is 2.88. The number of hydrogen-bond donors (Lipinski definition) is 1. The number of piperidine rings is 1. The van der Waals surface area contributed by atoms with Crippen molar-refractivity contribution in [1.82, 2.24) is 24.6 Å². The molecular formula is C19H28N6O. The first-order valence-corrected chi connectivity index (χ1v) is 9.24. The maximum Gasteiger partial charge on any atom is 0.227 e. The third kappa shape index (κ3) is 3.86. The summed E-state index contributed by atoms with van der Waals surface area (Å²) in [4.78, 5) is 23.7. The summed E-state index contributed by atoms with van der Waals surface area (Å²) in [5.74, 6) is 1.45. The maximum atomic E-state index is 12.9. The molecule has 1 fully saturated rings. The van der Waals surface area contributed by atoms with E-state index in [0.717, 1.165) is 60.8 Å². The summed E-state index contributed by atoms with van der Waals surface area (Å²) in [5, 5.41) is 7.53. The summed E-state index contributed by atoms with van der Waals surface area (Å²) < 4.78 is 1.85.